The van der Waals surface area contributed by atoms with Crippen LogP contribution in [0.25, 0.3) is 0 Å². The predicted molar refractivity (Wildman–Crippen MR) is 86.4 cm³/mol. The van der Waals surface area contributed by atoms with Crippen LogP contribution in [0.1, 0.15) is 28.4 Å². The topological polar surface area (TPSA) is 55.1 Å². The van der Waals surface area contributed by atoms with Crippen molar-refractivity contribution in [3.8, 4) is 0 Å². The number of halogens is 1. The fourth-order valence-corrected chi connectivity index (χ4v) is 2.38. The van der Waals surface area contributed by atoms with Crippen molar-refractivity contribution in [2.45, 2.75) is 25.9 Å². The maximum atomic E-state index is 11.0. The molecule has 2 aromatic rings. The van der Waals surface area contributed by atoms with Gasteiger partial charge in [-0.1, -0.05) is 35.9 Å². The van der Waals surface area contributed by atoms with Crippen LogP contribution in [0.4, 0.5) is 0 Å². The van der Waals surface area contributed by atoms with Crippen molar-refractivity contribution in [2.24, 2.45) is 5.73 Å². The van der Waals surface area contributed by atoms with Gasteiger partial charge in [0.2, 0.25) is 5.91 Å². The molecule has 21 heavy (non-hydrogen) atoms. The molecule has 1 atom stereocenters. The zero-order valence-electron chi connectivity index (χ0n) is 12.0. The highest BCUT2D eigenvalue weighted by Gasteiger charge is 2.05. The van der Waals surface area contributed by atoms with Crippen LogP contribution in [-0.2, 0) is 13.0 Å². The Bertz CT molecular complexity index is 610. The van der Waals surface area contributed by atoms with Gasteiger partial charge in [0.1, 0.15) is 0 Å². The molecule has 0 spiro atoms. The van der Waals surface area contributed by atoms with E-state index in [0.29, 0.717) is 11.6 Å². The van der Waals surface area contributed by atoms with E-state index < -0.39 is 5.91 Å². The number of hydrogen-bond acceptors (Lipinski definition) is 2. The first-order valence-electron chi connectivity index (χ1n) is 6.91. The number of primary amides is 1. The number of benzene rings is 2. The first kappa shape index (κ1) is 15.5. The zero-order chi connectivity index (χ0) is 15.2. The van der Waals surface area contributed by atoms with Crippen LogP contribution in [-0.4, -0.2) is 11.9 Å². The second-order valence-corrected chi connectivity index (χ2v) is 5.61. The van der Waals surface area contributed by atoms with E-state index in [2.05, 4.69) is 18.3 Å². The molecule has 0 fully saturated rings. The van der Waals surface area contributed by atoms with Gasteiger partial charge in [0.25, 0.3) is 0 Å². The zero-order valence-corrected chi connectivity index (χ0v) is 12.7. The lowest BCUT2D eigenvalue weighted by Gasteiger charge is -2.14. The Kier molecular flexibility index (Phi) is 5.37. The Morgan fingerprint density at radius 3 is 2.52 bits per heavy atom. The van der Waals surface area contributed by atoms with Crippen molar-refractivity contribution in [2.75, 3.05) is 0 Å². The van der Waals surface area contributed by atoms with E-state index in [4.69, 9.17) is 17.3 Å². The molecule has 4 heteroatoms. The van der Waals surface area contributed by atoms with Gasteiger partial charge in [-0.05, 0) is 48.7 Å². The molecule has 0 bridgehead atoms. The lowest BCUT2D eigenvalue weighted by Crippen LogP contribution is -2.27. The van der Waals surface area contributed by atoms with Gasteiger partial charge >= 0.3 is 0 Å². The minimum Gasteiger partial charge on any atom is -0.366 e. The molecule has 0 aromatic heterocycles. The van der Waals surface area contributed by atoms with Crippen LogP contribution >= 0.6 is 11.6 Å². The summed E-state index contributed by atoms with van der Waals surface area (Å²) in [6.45, 7) is 2.89. The number of amides is 1. The van der Waals surface area contributed by atoms with Crippen molar-refractivity contribution >= 4 is 17.5 Å². The van der Waals surface area contributed by atoms with E-state index in [1.807, 2.05) is 30.3 Å². The molecule has 0 aliphatic rings. The third-order valence-corrected chi connectivity index (χ3v) is 3.56. The van der Waals surface area contributed by atoms with Crippen molar-refractivity contribution in [1.82, 2.24) is 5.32 Å². The van der Waals surface area contributed by atoms with Gasteiger partial charge in [-0.15, -0.1) is 0 Å². The summed E-state index contributed by atoms with van der Waals surface area (Å²) in [4.78, 5) is 11.0. The smallest absolute Gasteiger partial charge is 0.248 e. The van der Waals surface area contributed by atoms with Crippen molar-refractivity contribution in [3.63, 3.8) is 0 Å². The van der Waals surface area contributed by atoms with Crippen LogP contribution in [0.3, 0.4) is 0 Å². The second kappa shape index (κ2) is 7.25. The van der Waals surface area contributed by atoms with Gasteiger partial charge in [0.15, 0.2) is 0 Å². The number of nitrogens with one attached hydrogen (secondary N) is 1. The first-order valence-corrected chi connectivity index (χ1v) is 7.29. The highest BCUT2D eigenvalue weighted by Crippen LogP contribution is 2.12. The van der Waals surface area contributed by atoms with Gasteiger partial charge in [-0.2, -0.15) is 0 Å². The highest BCUT2D eigenvalue weighted by atomic mass is 35.5. The molecule has 0 radical (unpaired) electrons. The summed E-state index contributed by atoms with van der Waals surface area (Å²) < 4.78 is 0. The predicted octanol–water partition coefficient (Wildman–Crippen LogP) is 3.16. The van der Waals surface area contributed by atoms with E-state index in [9.17, 15) is 4.79 Å². The summed E-state index contributed by atoms with van der Waals surface area (Å²) >= 11 is 5.98. The number of carbonyl (C=O) groups is 1. The molecule has 0 aliphatic heterocycles. The fraction of sp³-hybridized carbons (Fsp3) is 0.235. The van der Waals surface area contributed by atoms with Gasteiger partial charge in [0, 0.05) is 23.2 Å². The largest absolute Gasteiger partial charge is 0.366 e. The van der Waals surface area contributed by atoms with Crippen molar-refractivity contribution < 1.29 is 4.79 Å². The van der Waals surface area contributed by atoms with Crippen LogP contribution in [0.15, 0.2) is 48.5 Å². The van der Waals surface area contributed by atoms with E-state index in [0.717, 1.165) is 23.6 Å². The minimum atomic E-state index is -0.399. The number of hydrogen-bond donors (Lipinski definition) is 2. The fourth-order valence-electron chi connectivity index (χ4n) is 2.17. The van der Waals surface area contributed by atoms with Crippen molar-refractivity contribution in [3.05, 3.63) is 70.2 Å². The summed E-state index contributed by atoms with van der Waals surface area (Å²) in [5.41, 5.74) is 8.09. The summed E-state index contributed by atoms with van der Waals surface area (Å²) in [6.07, 6.45) is 0.917. The normalized spacial score (nSPS) is 12.1. The molecule has 110 valence electrons. The average Bonchev–Trinajstić information content (AvgIpc) is 2.45. The summed E-state index contributed by atoms with van der Waals surface area (Å²) in [5.74, 6) is -0.399. The third-order valence-electron chi connectivity index (χ3n) is 3.32. The second-order valence-electron chi connectivity index (χ2n) is 5.18. The Morgan fingerprint density at radius 1 is 1.19 bits per heavy atom. The summed E-state index contributed by atoms with van der Waals surface area (Å²) in [7, 11) is 0. The molecular weight excluding hydrogens is 284 g/mol. The number of carbonyl (C=O) groups excluding carboxylic acids is 1. The third kappa shape index (κ3) is 4.88. The molecular formula is C17H19ClN2O. The Hall–Kier alpha value is -1.84. The molecule has 0 saturated heterocycles. The quantitative estimate of drug-likeness (QED) is 0.861. The van der Waals surface area contributed by atoms with Crippen LogP contribution in [0.5, 0.6) is 0 Å². The molecule has 0 heterocycles. The minimum absolute atomic E-state index is 0.333. The standard InChI is InChI=1S/C17H19ClN2O/c1-12(9-14-3-2-4-16(18)10-14)20-11-13-5-7-15(8-6-13)17(19)21/h2-8,10,12,20H,9,11H2,1H3,(H2,19,21). The Morgan fingerprint density at radius 2 is 1.90 bits per heavy atom. The molecule has 2 rings (SSSR count). The average molecular weight is 303 g/mol. The van der Waals surface area contributed by atoms with Crippen LogP contribution < -0.4 is 11.1 Å². The Balaban J connectivity index is 1.86. The summed E-state index contributed by atoms with van der Waals surface area (Å²) in [5, 5.41) is 4.22. The number of nitrogens with two attached hydrogens (primary N) is 1. The van der Waals surface area contributed by atoms with Crippen molar-refractivity contribution in [1.29, 1.82) is 0 Å². The monoisotopic (exact) mass is 302 g/mol. The van der Waals surface area contributed by atoms with Gasteiger partial charge < -0.3 is 11.1 Å². The van der Waals surface area contributed by atoms with E-state index >= 15 is 0 Å². The maximum Gasteiger partial charge on any atom is 0.248 e. The van der Waals surface area contributed by atoms with Gasteiger partial charge in [-0.3, -0.25) is 4.79 Å². The lowest BCUT2D eigenvalue weighted by atomic mass is 10.1. The maximum absolute atomic E-state index is 11.0. The lowest BCUT2D eigenvalue weighted by molar-refractivity contribution is 0.100. The molecule has 3 nitrogen and oxygen atoms in total. The van der Waals surface area contributed by atoms with E-state index in [1.54, 1.807) is 12.1 Å². The first-order chi connectivity index (χ1) is 10.0. The van der Waals surface area contributed by atoms with E-state index in [1.165, 1.54) is 5.56 Å². The Labute approximate surface area is 130 Å². The molecule has 1 unspecified atom stereocenters. The van der Waals surface area contributed by atoms with Gasteiger partial charge in [-0.25, -0.2) is 0 Å². The number of rotatable bonds is 6. The molecule has 0 saturated carbocycles. The highest BCUT2D eigenvalue weighted by molar-refractivity contribution is 6.30. The molecule has 3 N–H and O–H groups in total. The van der Waals surface area contributed by atoms with Crippen LogP contribution in [0.2, 0.25) is 5.02 Å². The molecule has 0 aliphatic carbocycles. The molecule has 1 amide bonds. The van der Waals surface area contributed by atoms with Gasteiger partial charge in [0.05, 0.1) is 0 Å². The van der Waals surface area contributed by atoms with Crippen LogP contribution in [0, 0.1) is 0 Å². The van der Waals surface area contributed by atoms with E-state index in [-0.39, 0.29) is 0 Å². The summed E-state index contributed by atoms with van der Waals surface area (Å²) in [6, 6.07) is 15.6. The molecule has 2 aromatic carbocycles. The SMILES string of the molecule is CC(Cc1cccc(Cl)c1)NCc1ccc(C(N)=O)cc1.